The first-order chi connectivity index (χ1) is 30.5. The van der Waals surface area contributed by atoms with Gasteiger partial charge in [0.05, 0.1) is 6.61 Å². The first-order valence-electron chi connectivity index (χ1n) is 26.1. The van der Waals surface area contributed by atoms with Crippen molar-refractivity contribution in [2.24, 2.45) is 0 Å². The number of ether oxygens (including phenoxy) is 4. The number of hydrogen-bond donors (Lipinski definition) is 4. The van der Waals surface area contributed by atoms with Gasteiger partial charge in [-0.15, -0.1) is 0 Å². The van der Waals surface area contributed by atoms with Crippen molar-refractivity contribution in [3.8, 4) is 0 Å². The molecule has 0 aliphatic carbocycles. The molecule has 63 heavy (non-hydrogen) atoms. The molecule has 12 nitrogen and oxygen atoms in total. The summed E-state index contributed by atoms with van der Waals surface area (Å²) in [5.41, 5.74) is 0. The first-order valence-corrected chi connectivity index (χ1v) is 27.7. The van der Waals surface area contributed by atoms with Crippen molar-refractivity contribution in [2.75, 3.05) is 19.0 Å². The maximum absolute atomic E-state index is 12.9. The lowest BCUT2D eigenvalue weighted by Crippen LogP contribution is -2.60. The fourth-order valence-electron chi connectivity index (χ4n) is 8.39. The van der Waals surface area contributed by atoms with E-state index in [0.717, 1.165) is 38.5 Å². The Kier molecular flexibility index (Phi) is 38.7. The van der Waals surface area contributed by atoms with Crippen LogP contribution in [0.1, 0.15) is 251 Å². The van der Waals surface area contributed by atoms with Gasteiger partial charge in [-0.05, 0) is 12.8 Å². The summed E-state index contributed by atoms with van der Waals surface area (Å²) in [6.45, 7) is 3.81. The molecule has 0 bridgehead atoms. The number of hydrogen-bond acceptors (Lipinski definition) is 11. The Morgan fingerprint density at radius 2 is 0.810 bits per heavy atom. The molecule has 1 aliphatic rings. The van der Waals surface area contributed by atoms with Gasteiger partial charge in [-0.1, -0.05) is 226 Å². The third-order valence-corrected chi connectivity index (χ3v) is 13.2. The summed E-state index contributed by atoms with van der Waals surface area (Å²) in [4.78, 5) is 25.5. The van der Waals surface area contributed by atoms with Crippen LogP contribution in [0.5, 0.6) is 0 Å². The maximum atomic E-state index is 12.9. The van der Waals surface area contributed by atoms with Crippen LogP contribution in [0.4, 0.5) is 0 Å². The maximum Gasteiger partial charge on any atom is 0.306 e. The number of rotatable bonds is 45. The standard InChI is InChI=1S/C50H96O12S/c1-3-5-7-9-11-13-15-17-19-20-21-22-23-24-25-27-29-31-33-35-37-39-46(52)61-43(41-60-50-49(55)48(54)47(53)44(62-50)42-63(56,57)58)40-59-45(51)38-36-34-32-30-28-26-18-16-14-12-10-8-6-4-2/h43-44,47-50,53-55H,3-42H2,1-2H3,(H,56,57,58). The van der Waals surface area contributed by atoms with Gasteiger partial charge in [0.1, 0.15) is 36.8 Å². The summed E-state index contributed by atoms with van der Waals surface area (Å²) >= 11 is 0. The highest BCUT2D eigenvalue weighted by Gasteiger charge is 2.46. The van der Waals surface area contributed by atoms with E-state index in [-0.39, 0.29) is 19.4 Å². The minimum atomic E-state index is -4.60. The lowest BCUT2D eigenvalue weighted by molar-refractivity contribution is -0.297. The van der Waals surface area contributed by atoms with Crippen LogP contribution in [-0.4, -0.2) is 96.0 Å². The van der Waals surface area contributed by atoms with E-state index in [0.29, 0.717) is 12.8 Å². The zero-order chi connectivity index (χ0) is 46.2. The van der Waals surface area contributed by atoms with Gasteiger partial charge in [0.2, 0.25) is 0 Å². The van der Waals surface area contributed by atoms with Crippen molar-refractivity contribution < 1.29 is 56.8 Å². The number of unbranched alkanes of at least 4 members (excludes halogenated alkanes) is 33. The molecule has 1 saturated heterocycles. The second-order valence-corrected chi connectivity index (χ2v) is 20.1. The molecular weight excluding hydrogens is 825 g/mol. The van der Waals surface area contributed by atoms with Gasteiger partial charge < -0.3 is 34.3 Å². The number of carbonyl (C=O) groups is 2. The van der Waals surface area contributed by atoms with E-state index in [9.17, 15) is 37.9 Å². The highest BCUT2D eigenvalue weighted by atomic mass is 32.2. The molecule has 4 N–H and O–H groups in total. The second kappa shape index (κ2) is 40.9. The van der Waals surface area contributed by atoms with Gasteiger partial charge in [-0.3, -0.25) is 14.1 Å². The average Bonchev–Trinajstić information content (AvgIpc) is 3.25. The third kappa shape index (κ3) is 35.5. The summed E-state index contributed by atoms with van der Waals surface area (Å²) in [6.07, 6.45) is 34.3. The van der Waals surface area contributed by atoms with E-state index in [1.165, 1.54) is 173 Å². The van der Waals surface area contributed by atoms with Crippen LogP contribution in [0, 0.1) is 0 Å². The van der Waals surface area contributed by atoms with Gasteiger partial charge in [0.25, 0.3) is 10.1 Å². The Labute approximate surface area is 384 Å². The molecule has 0 aromatic heterocycles. The lowest BCUT2D eigenvalue weighted by Gasteiger charge is -2.40. The summed E-state index contributed by atoms with van der Waals surface area (Å²) in [6, 6.07) is 0. The molecule has 0 aromatic carbocycles. The minimum Gasteiger partial charge on any atom is -0.462 e. The number of aliphatic hydroxyl groups excluding tert-OH is 3. The average molecular weight is 921 g/mol. The number of esters is 2. The molecule has 6 atom stereocenters. The Bertz CT molecular complexity index is 1170. The van der Waals surface area contributed by atoms with Gasteiger partial charge >= 0.3 is 11.9 Å². The van der Waals surface area contributed by atoms with Crippen LogP contribution >= 0.6 is 0 Å². The largest absolute Gasteiger partial charge is 0.462 e. The zero-order valence-corrected chi connectivity index (χ0v) is 41.0. The van der Waals surface area contributed by atoms with Gasteiger partial charge in [-0.25, -0.2) is 0 Å². The smallest absolute Gasteiger partial charge is 0.306 e. The molecule has 0 radical (unpaired) electrons. The van der Waals surface area contributed by atoms with E-state index in [4.69, 9.17) is 18.9 Å². The van der Waals surface area contributed by atoms with Crippen molar-refractivity contribution in [3.05, 3.63) is 0 Å². The van der Waals surface area contributed by atoms with Gasteiger partial charge in [0.15, 0.2) is 12.4 Å². The Hall–Kier alpha value is -1.35. The summed E-state index contributed by atoms with van der Waals surface area (Å²) < 4.78 is 54.2. The van der Waals surface area contributed by atoms with Gasteiger partial charge in [0, 0.05) is 12.8 Å². The number of carbonyl (C=O) groups excluding carboxylic acids is 2. The van der Waals surface area contributed by atoms with Crippen molar-refractivity contribution in [1.29, 1.82) is 0 Å². The molecule has 374 valence electrons. The van der Waals surface area contributed by atoms with E-state index in [1.54, 1.807) is 0 Å². The Morgan fingerprint density at radius 1 is 0.476 bits per heavy atom. The topological polar surface area (TPSA) is 186 Å². The molecule has 1 rings (SSSR count). The van der Waals surface area contributed by atoms with Crippen molar-refractivity contribution in [3.63, 3.8) is 0 Å². The van der Waals surface area contributed by atoms with Crippen LogP contribution in [0.2, 0.25) is 0 Å². The van der Waals surface area contributed by atoms with Crippen molar-refractivity contribution in [2.45, 2.75) is 288 Å². The van der Waals surface area contributed by atoms with Crippen LogP contribution in [0.3, 0.4) is 0 Å². The Morgan fingerprint density at radius 3 is 1.16 bits per heavy atom. The zero-order valence-electron chi connectivity index (χ0n) is 40.2. The minimum absolute atomic E-state index is 0.173. The summed E-state index contributed by atoms with van der Waals surface area (Å²) in [5, 5.41) is 31.0. The second-order valence-electron chi connectivity index (χ2n) is 18.6. The highest BCUT2D eigenvalue weighted by Crippen LogP contribution is 2.24. The monoisotopic (exact) mass is 921 g/mol. The van der Waals surface area contributed by atoms with Crippen LogP contribution < -0.4 is 0 Å². The van der Waals surface area contributed by atoms with Crippen LogP contribution in [0.25, 0.3) is 0 Å². The van der Waals surface area contributed by atoms with E-state index in [2.05, 4.69) is 13.8 Å². The molecule has 0 amide bonds. The quantitative estimate of drug-likeness (QED) is 0.0258. The number of aliphatic hydroxyl groups is 3. The van der Waals surface area contributed by atoms with E-state index < -0.39 is 71.2 Å². The molecule has 1 aliphatic heterocycles. The highest BCUT2D eigenvalue weighted by molar-refractivity contribution is 7.85. The van der Waals surface area contributed by atoms with Crippen molar-refractivity contribution in [1.82, 2.24) is 0 Å². The third-order valence-electron chi connectivity index (χ3n) is 12.4. The summed E-state index contributed by atoms with van der Waals surface area (Å²) in [7, 11) is -4.60. The normalized spacial score (nSPS) is 19.6. The van der Waals surface area contributed by atoms with E-state index in [1.807, 2.05) is 0 Å². The lowest BCUT2D eigenvalue weighted by atomic mass is 10.00. The molecule has 6 unspecified atom stereocenters. The van der Waals surface area contributed by atoms with Crippen LogP contribution in [-0.2, 0) is 38.7 Å². The molecule has 0 aromatic rings. The summed E-state index contributed by atoms with van der Waals surface area (Å²) in [5.74, 6) is -1.96. The molecule has 1 fully saturated rings. The predicted octanol–water partition coefficient (Wildman–Crippen LogP) is 11.6. The molecule has 0 saturated carbocycles. The molecule has 1 heterocycles. The molecule has 13 heteroatoms. The first kappa shape index (κ1) is 59.7. The van der Waals surface area contributed by atoms with Crippen molar-refractivity contribution >= 4 is 22.1 Å². The predicted molar refractivity (Wildman–Crippen MR) is 252 cm³/mol. The Balaban J connectivity index is 2.33. The van der Waals surface area contributed by atoms with E-state index >= 15 is 0 Å². The fourth-order valence-corrected chi connectivity index (χ4v) is 9.08. The SMILES string of the molecule is CCCCCCCCCCCCCCCCCCCCCCCC(=O)OC(COC(=O)CCCCCCCCCCCCCCCC)COC1OC(CS(=O)(=O)O)C(O)C(O)C1O. The van der Waals surface area contributed by atoms with Gasteiger partial charge in [-0.2, -0.15) is 8.42 Å². The fraction of sp³-hybridized carbons (Fsp3) is 0.960. The molecular formula is C50H96O12S. The van der Waals surface area contributed by atoms with Crippen LogP contribution in [0.15, 0.2) is 0 Å². The molecule has 0 spiro atoms.